The van der Waals surface area contributed by atoms with Crippen molar-refractivity contribution in [1.29, 1.82) is 0 Å². The predicted molar refractivity (Wildman–Crippen MR) is 77.7 cm³/mol. The summed E-state index contributed by atoms with van der Waals surface area (Å²) in [4.78, 5) is 13.9. The summed E-state index contributed by atoms with van der Waals surface area (Å²) in [7, 11) is 3.67. The van der Waals surface area contributed by atoms with Gasteiger partial charge in [0.1, 0.15) is 5.75 Å². The molecule has 1 aromatic carbocycles. The van der Waals surface area contributed by atoms with Gasteiger partial charge in [0.2, 0.25) is 5.91 Å². The first-order valence-corrected chi connectivity index (χ1v) is 6.49. The molecule has 1 rings (SSSR count). The topological polar surface area (TPSA) is 53.6 Å². The van der Waals surface area contributed by atoms with Gasteiger partial charge < -0.3 is 20.3 Å². The smallest absolute Gasteiger partial charge is 0.238 e. The van der Waals surface area contributed by atoms with Gasteiger partial charge in [-0.05, 0) is 37.9 Å². The van der Waals surface area contributed by atoms with Crippen molar-refractivity contribution < 1.29 is 9.53 Å². The molecular formula is C14H23N3O2. The van der Waals surface area contributed by atoms with Crippen molar-refractivity contribution in [2.24, 2.45) is 0 Å². The maximum atomic E-state index is 11.7. The molecule has 106 valence electrons. The second-order valence-corrected chi connectivity index (χ2v) is 4.35. The second-order valence-electron chi connectivity index (χ2n) is 4.35. The van der Waals surface area contributed by atoms with E-state index in [4.69, 9.17) is 4.74 Å². The highest BCUT2D eigenvalue weighted by molar-refractivity contribution is 5.92. The fraction of sp³-hybridized carbons (Fsp3) is 0.500. The van der Waals surface area contributed by atoms with Crippen molar-refractivity contribution in [2.75, 3.05) is 45.7 Å². The van der Waals surface area contributed by atoms with Gasteiger partial charge in [0, 0.05) is 18.8 Å². The molecule has 0 radical (unpaired) electrons. The molecule has 19 heavy (non-hydrogen) atoms. The molecule has 0 bridgehead atoms. The Labute approximate surface area is 114 Å². The molecule has 5 nitrogen and oxygen atoms in total. The summed E-state index contributed by atoms with van der Waals surface area (Å²) in [5.74, 6) is 0.739. The van der Waals surface area contributed by atoms with Gasteiger partial charge in [0.05, 0.1) is 13.7 Å². The average molecular weight is 265 g/mol. The molecular weight excluding hydrogens is 242 g/mol. The number of amides is 1. The van der Waals surface area contributed by atoms with Crippen LogP contribution in [0.25, 0.3) is 0 Å². The van der Waals surface area contributed by atoms with E-state index in [0.717, 1.165) is 31.1 Å². The maximum Gasteiger partial charge on any atom is 0.238 e. The first-order chi connectivity index (χ1) is 9.15. The predicted octanol–water partition coefficient (Wildman–Crippen LogP) is 1.18. The van der Waals surface area contributed by atoms with Crippen LogP contribution in [0.5, 0.6) is 5.75 Å². The molecule has 1 amide bonds. The highest BCUT2D eigenvalue weighted by atomic mass is 16.5. The molecule has 0 saturated heterocycles. The SMILES string of the molecule is CCN(C)CCNCC(=O)Nc1ccc(OC)cc1. The maximum absolute atomic E-state index is 11.7. The minimum absolute atomic E-state index is 0.0377. The number of benzene rings is 1. The standard InChI is InChI=1S/C14H23N3O2/c1-4-17(2)10-9-15-11-14(18)16-12-5-7-13(19-3)8-6-12/h5-8,15H,4,9-11H2,1-3H3,(H,16,18). The summed E-state index contributed by atoms with van der Waals surface area (Å²) in [5, 5.41) is 5.94. The first kappa shape index (κ1) is 15.5. The number of hydrogen-bond donors (Lipinski definition) is 2. The molecule has 0 saturated carbocycles. The summed E-state index contributed by atoms with van der Waals surface area (Å²) < 4.78 is 5.06. The molecule has 0 aromatic heterocycles. The van der Waals surface area contributed by atoms with Gasteiger partial charge in [-0.2, -0.15) is 0 Å². The number of ether oxygens (including phenoxy) is 1. The van der Waals surface area contributed by atoms with Gasteiger partial charge in [-0.15, -0.1) is 0 Å². The lowest BCUT2D eigenvalue weighted by molar-refractivity contribution is -0.115. The number of anilines is 1. The molecule has 0 fully saturated rings. The zero-order valence-corrected chi connectivity index (χ0v) is 11.9. The van der Waals surface area contributed by atoms with E-state index in [1.54, 1.807) is 7.11 Å². The van der Waals surface area contributed by atoms with Crippen LogP contribution in [-0.4, -0.2) is 51.1 Å². The number of nitrogens with zero attached hydrogens (tertiary/aromatic N) is 1. The highest BCUT2D eigenvalue weighted by Gasteiger charge is 2.02. The Hall–Kier alpha value is -1.59. The number of hydrogen-bond acceptors (Lipinski definition) is 4. The minimum atomic E-state index is -0.0377. The van der Waals surface area contributed by atoms with Crippen LogP contribution in [0, 0.1) is 0 Å². The number of carbonyl (C=O) groups is 1. The van der Waals surface area contributed by atoms with Crippen molar-refractivity contribution >= 4 is 11.6 Å². The number of likely N-dealkylation sites (N-methyl/N-ethyl adjacent to an activating group) is 1. The molecule has 0 heterocycles. The average Bonchev–Trinajstić information content (AvgIpc) is 2.44. The van der Waals surface area contributed by atoms with Gasteiger partial charge in [0.15, 0.2) is 0 Å². The molecule has 0 aliphatic rings. The third kappa shape index (κ3) is 6.22. The van der Waals surface area contributed by atoms with Crippen LogP contribution < -0.4 is 15.4 Å². The van der Waals surface area contributed by atoms with Crippen LogP contribution in [0.4, 0.5) is 5.69 Å². The third-order valence-corrected chi connectivity index (χ3v) is 2.87. The van der Waals surface area contributed by atoms with Crippen molar-refractivity contribution in [3.05, 3.63) is 24.3 Å². The van der Waals surface area contributed by atoms with Crippen molar-refractivity contribution in [3.63, 3.8) is 0 Å². The Kier molecular flexibility index (Phi) is 6.92. The molecule has 0 aliphatic carbocycles. The molecule has 0 atom stereocenters. The van der Waals surface area contributed by atoms with Gasteiger partial charge in [-0.1, -0.05) is 6.92 Å². The van der Waals surface area contributed by atoms with Crippen LogP contribution in [0.15, 0.2) is 24.3 Å². The van der Waals surface area contributed by atoms with E-state index < -0.39 is 0 Å². The lowest BCUT2D eigenvalue weighted by atomic mass is 10.3. The van der Waals surface area contributed by atoms with Gasteiger partial charge in [-0.25, -0.2) is 0 Å². The summed E-state index contributed by atoms with van der Waals surface area (Å²) in [6, 6.07) is 7.28. The van der Waals surface area contributed by atoms with Crippen LogP contribution in [-0.2, 0) is 4.79 Å². The number of carbonyl (C=O) groups excluding carboxylic acids is 1. The lowest BCUT2D eigenvalue weighted by Gasteiger charge is -2.13. The van der Waals surface area contributed by atoms with E-state index in [1.165, 1.54) is 0 Å². The van der Waals surface area contributed by atoms with E-state index in [-0.39, 0.29) is 5.91 Å². The van der Waals surface area contributed by atoms with Crippen molar-refractivity contribution in [1.82, 2.24) is 10.2 Å². The zero-order valence-electron chi connectivity index (χ0n) is 11.9. The molecule has 2 N–H and O–H groups in total. The van der Waals surface area contributed by atoms with Gasteiger partial charge in [0.25, 0.3) is 0 Å². The van der Waals surface area contributed by atoms with E-state index >= 15 is 0 Å². The molecule has 0 unspecified atom stereocenters. The van der Waals surface area contributed by atoms with Crippen LogP contribution in [0.2, 0.25) is 0 Å². The number of methoxy groups -OCH3 is 1. The highest BCUT2D eigenvalue weighted by Crippen LogP contribution is 2.14. The van der Waals surface area contributed by atoms with Gasteiger partial charge in [-0.3, -0.25) is 4.79 Å². The summed E-state index contributed by atoms with van der Waals surface area (Å²) >= 11 is 0. The molecule has 1 aromatic rings. The Bertz CT molecular complexity index is 379. The van der Waals surface area contributed by atoms with E-state index in [9.17, 15) is 4.79 Å². The second kappa shape index (κ2) is 8.50. The van der Waals surface area contributed by atoms with Gasteiger partial charge >= 0.3 is 0 Å². The van der Waals surface area contributed by atoms with Crippen LogP contribution in [0.1, 0.15) is 6.92 Å². The normalized spacial score (nSPS) is 10.5. The van der Waals surface area contributed by atoms with E-state index in [0.29, 0.717) is 6.54 Å². The van der Waals surface area contributed by atoms with Crippen LogP contribution in [0.3, 0.4) is 0 Å². The minimum Gasteiger partial charge on any atom is -0.497 e. The Morgan fingerprint density at radius 3 is 2.58 bits per heavy atom. The van der Waals surface area contributed by atoms with Crippen molar-refractivity contribution in [3.8, 4) is 5.75 Å². The zero-order chi connectivity index (χ0) is 14.1. The lowest BCUT2D eigenvalue weighted by Crippen LogP contribution is -2.34. The summed E-state index contributed by atoms with van der Waals surface area (Å²) in [6.07, 6.45) is 0. The first-order valence-electron chi connectivity index (χ1n) is 6.49. The molecule has 0 aliphatic heterocycles. The van der Waals surface area contributed by atoms with Crippen LogP contribution >= 0.6 is 0 Å². The summed E-state index contributed by atoms with van der Waals surface area (Å²) in [6.45, 7) is 5.19. The molecule has 0 spiro atoms. The summed E-state index contributed by atoms with van der Waals surface area (Å²) in [5.41, 5.74) is 0.776. The fourth-order valence-electron chi connectivity index (χ4n) is 1.51. The third-order valence-electron chi connectivity index (χ3n) is 2.87. The van der Waals surface area contributed by atoms with E-state index in [1.807, 2.05) is 24.3 Å². The largest absolute Gasteiger partial charge is 0.497 e. The number of nitrogens with one attached hydrogen (secondary N) is 2. The Morgan fingerprint density at radius 1 is 1.32 bits per heavy atom. The quantitative estimate of drug-likeness (QED) is 0.693. The Balaban J connectivity index is 2.23. The monoisotopic (exact) mass is 265 g/mol. The molecule has 5 heteroatoms. The Morgan fingerprint density at radius 2 is 2.00 bits per heavy atom. The number of rotatable bonds is 8. The fourth-order valence-corrected chi connectivity index (χ4v) is 1.51. The van der Waals surface area contributed by atoms with E-state index in [2.05, 4.69) is 29.5 Å². The van der Waals surface area contributed by atoms with Crippen molar-refractivity contribution in [2.45, 2.75) is 6.92 Å².